The Bertz CT molecular complexity index is 156. The van der Waals surface area contributed by atoms with Crippen LogP contribution in [0.3, 0.4) is 0 Å². The molecular weight excluding hydrogens is 136 g/mol. The van der Waals surface area contributed by atoms with E-state index in [1.807, 2.05) is 0 Å². The highest BCUT2D eigenvalue weighted by Gasteiger charge is 2.38. The topological polar surface area (TPSA) is 15.0 Å². The van der Waals surface area contributed by atoms with Gasteiger partial charge in [0.1, 0.15) is 19.8 Å². The summed E-state index contributed by atoms with van der Waals surface area (Å²) in [5, 5.41) is 3.46. The second kappa shape index (κ2) is 2.59. The molecule has 0 saturated carbocycles. The molecule has 2 rings (SSSR count). The Balaban J connectivity index is 1.99. The molecule has 2 saturated heterocycles. The molecule has 0 unspecified atom stereocenters. The van der Waals surface area contributed by atoms with Crippen LogP contribution in [0.15, 0.2) is 0 Å². The van der Waals surface area contributed by atoms with E-state index < -0.39 is 0 Å². The lowest BCUT2D eigenvalue weighted by Crippen LogP contribution is -2.36. The standard InChI is InChI=1S/C9H17N2/c1-11-6-3-9(4-7-11)2-5-10-8-9/h10H,1-8H2/q+1. The highest BCUT2D eigenvalue weighted by Crippen LogP contribution is 2.35. The molecule has 0 amide bonds. The van der Waals surface area contributed by atoms with Gasteiger partial charge in [0.2, 0.25) is 0 Å². The van der Waals surface area contributed by atoms with Crippen molar-refractivity contribution in [2.75, 3.05) is 26.2 Å². The summed E-state index contributed by atoms with van der Waals surface area (Å²) in [5.41, 5.74) is 0.661. The highest BCUT2D eigenvalue weighted by atomic mass is 15.0. The van der Waals surface area contributed by atoms with Crippen LogP contribution in [-0.2, 0) is 0 Å². The minimum Gasteiger partial charge on any atom is -0.316 e. The van der Waals surface area contributed by atoms with Crippen molar-refractivity contribution < 1.29 is 4.58 Å². The molecule has 2 nitrogen and oxygen atoms in total. The van der Waals surface area contributed by atoms with Crippen LogP contribution in [0.1, 0.15) is 19.3 Å². The number of nitrogens with one attached hydrogen (secondary N) is 1. The second-order valence-electron chi connectivity index (χ2n) is 4.04. The van der Waals surface area contributed by atoms with E-state index >= 15 is 0 Å². The Morgan fingerprint density at radius 3 is 2.45 bits per heavy atom. The first kappa shape index (κ1) is 7.29. The molecule has 62 valence electrons. The molecule has 11 heavy (non-hydrogen) atoms. The van der Waals surface area contributed by atoms with E-state index in [9.17, 15) is 0 Å². The van der Waals surface area contributed by atoms with E-state index in [1.54, 1.807) is 0 Å². The molecule has 2 heteroatoms. The fourth-order valence-corrected chi connectivity index (χ4v) is 2.25. The molecule has 0 aromatic rings. The van der Waals surface area contributed by atoms with Gasteiger partial charge >= 0.3 is 0 Å². The number of hydrogen-bond donors (Lipinski definition) is 1. The predicted molar refractivity (Wildman–Crippen MR) is 46.3 cm³/mol. The van der Waals surface area contributed by atoms with Gasteiger partial charge in [-0.2, -0.15) is 0 Å². The van der Waals surface area contributed by atoms with Gasteiger partial charge in [0.05, 0.1) is 0 Å². The van der Waals surface area contributed by atoms with Gasteiger partial charge in [-0.3, -0.25) is 0 Å². The quantitative estimate of drug-likeness (QED) is 0.500. The summed E-state index contributed by atoms with van der Waals surface area (Å²) in [4.78, 5) is 0. The Kier molecular flexibility index (Phi) is 1.72. The van der Waals surface area contributed by atoms with Gasteiger partial charge in [-0.05, 0) is 18.4 Å². The van der Waals surface area contributed by atoms with Crippen LogP contribution in [-0.4, -0.2) is 37.5 Å². The summed E-state index contributed by atoms with van der Waals surface area (Å²) in [7, 11) is 0. The van der Waals surface area contributed by atoms with Gasteiger partial charge in [-0.1, -0.05) is 0 Å². The van der Waals surface area contributed by atoms with E-state index in [0.717, 1.165) is 0 Å². The number of nitrogens with zero attached hydrogens (tertiary/aromatic N) is 1. The summed E-state index contributed by atoms with van der Waals surface area (Å²) in [6, 6.07) is 0. The maximum atomic E-state index is 3.96. The molecule has 0 aromatic carbocycles. The van der Waals surface area contributed by atoms with Crippen molar-refractivity contribution in [3.8, 4) is 0 Å². The van der Waals surface area contributed by atoms with Gasteiger partial charge in [-0.15, -0.1) is 0 Å². The number of hydrogen-bond acceptors (Lipinski definition) is 1. The van der Waals surface area contributed by atoms with Crippen LogP contribution in [0, 0.1) is 5.41 Å². The van der Waals surface area contributed by atoms with Crippen molar-refractivity contribution in [1.29, 1.82) is 0 Å². The zero-order valence-electron chi connectivity index (χ0n) is 7.10. The Morgan fingerprint density at radius 1 is 1.18 bits per heavy atom. The SMILES string of the molecule is C=[N+]1CCC2(CCNC2)CC1. The highest BCUT2D eigenvalue weighted by molar-refractivity contribution is 5.14. The fourth-order valence-electron chi connectivity index (χ4n) is 2.25. The van der Waals surface area contributed by atoms with Crippen LogP contribution in [0.4, 0.5) is 0 Å². The first-order valence-electron chi connectivity index (χ1n) is 4.57. The zero-order valence-corrected chi connectivity index (χ0v) is 7.10. The summed E-state index contributed by atoms with van der Waals surface area (Å²) < 4.78 is 2.20. The molecule has 2 fully saturated rings. The van der Waals surface area contributed by atoms with E-state index in [-0.39, 0.29) is 0 Å². The molecule has 2 aliphatic heterocycles. The summed E-state index contributed by atoms with van der Waals surface area (Å²) in [6.07, 6.45) is 4.09. The minimum atomic E-state index is 0.661. The van der Waals surface area contributed by atoms with Crippen LogP contribution in [0.5, 0.6) is 0 Å². The Labute approximate surface area is 68.3 Å². The molecule has 0 radical (unpaired) electrons. The van der Waals surface area contributed by atoms with E-state index in [2.05, 4.69) is 16.6 Å². The number of rotatable bonds is 0. The van der Waals surface area contributed by atoms with E-state index in [0.29, 0.717) is 5.41 Å². The zero-order chi connectivity index (χ0) is 7.73. The van der Waals surface area contributed by atoms with E-state index in [1.165, 1.54) is 45.4 Å². The Morgan fingerprint density at radius 2 is 1.91 bits per heavy atom. The molecule has 0 bridgehead atoms. The molecule has 0 atom stereocenters. The van der Waals surface area contributed by atoms with Gasteiger partial charge in [0.25, 0.3) is 0 Å². The summed E-state index contributed by atoms with van der Waals surface area (Å²) in [6.45, 7) is 8.84. The summed E-state index contributed by atoms with van der Waals surface area (Å²) >= 11 is 0. The van der Waals surface area contributed by atoms with Crippen molar-refractivity contribution in [3.63, 3.8) is 0 Å². The maximum Gasteiger partial charge on any atom is 0.142 e. The first-order valence-corrected chi connectivity index (χ1v) is 4.57. The smallest absolute Gasteiger partial charge is 0.142 e. The lowest BCUT2D eigenvalue weighted by Gasteiger charge is -2.30. The van der Waals surface area contributed by atoms with Crippen molar-refractivity contribution >= 4 is 6.72 Å². The average molecular weight is 153 g/mol. The first-order chi connectivity index (χ1) is 5.31. The van der Waals surface area contributed by atoms with Crippen LogP contribution in [0.2, 0.25) is 0 Å². The monoisotopic (exact) mass is 153 g/mol. The van der Waals surface area contributed by atoms with Crippen LogP contribution in [0.25, 0.3) is 0 Å². The number of piperidine rings is 1. The third-order valence-corrected chi connectivity index (χ3v) is 3.25. The average Bonchev–Trinajstić information content (AvgIpc) is 2.45. The van der Waals surface area contributed by atoms with Gasteiger partial charge in [-0.25, -0.2) is 4.58 Å². The molecular formula is C9H17N2+. The molecule has 0 aliphatic carbocycles. The lowest BCUT2D eigenvalue weighted by atomic mass is 9.78. The van der Waals surface area contributed by atoms with Gasteiger partial charge in [0.15, 0.2) is 0 Å². The van der Waals surface area contributed by atoms with Crippen LogP contribution < -0.4 is 5.32 Å². The molecule has 1 N–H and O–H groups in total. The molecule has 2 aliphatic rings. The molecule has 2 heterocycles. The molecule has 1 spiro atoms. The fraction of sp³-hybridized carbons (Fsp3) is 0.889. The predicted octanol–water partition coefficient (Wildman–Crippen LogP) is 0.473. The third-order valence-electron chi connectivity index (χ3n) is 3.25. The normalized spacial score (nSPS) is 29.6. The van der Waals surface area contributed by atoms with Crippen molar-refractivity contribution in [2.24, 2.45) is 5.41 Å². The minimum absolute atomic E-state index is 0.661. The van der Waals surface area contributed by atoms with Gasteiger partial charge < -0.3 is 5.32 Å². The second-order valence-corrected chi connectivity index (χ2v) is 4.04. The maximum absolute atomic E-state index is 3.96. The van der Waals surface area contributed by atoms with Crippen molar-refractivity contribution in [3.05, 3.63) is 0 Å². The largest absolute Gasteiger partial charge is 0.316 e. The summed E-state index contributed by atoms with van der Waals surface area (Å²) in [5.74, 6) is 0. The lowest BCUT2D eigenvalue weighted by molar-refractivity contribution is -0.536. The van der Waals surface area contributed by atoms with Crippen molar-refractivity contribution in [1.82, 2.24) is 5.32 Å². The van der Waals surface area contributed by atoms with Crippen LogP contribution >= 0.6 is 0 Å². The van der Waals surface area contributed by atoms with Crippen molar-refractivity contribution in [2.45, 2.75) is 19.3 Å². The van der Waals surface area contributed by atoms with E-state index in [4.69, 9.17) is 0 Å². The Hall–Kier alpha value is -0.370. The van der Waals surface area contributed by atoms with Gasteiger partial charge in [0, 0.05) is 19.4 Å². The third kappa shape index (κ3) is 1.32. The molecule has 0 aromatic heterocycles.